The van der Waals surface area contributed by atoms with Crippen LogP contribution in [0.4, 0.5) is 5.69 Å². The predicted molar refractivity (Wildman–Crippen MR) is 133 cm³/mol. The third kappa shape index (κ3) is 5.95. The maximum Gasteiger partial charge on any atom is 0.353 e. The van der Waals surface area contributed by atoms with Gasteiger partial charge in [0.15, 0.2) is 0 Å². The fourth-order valence-electron chi connectivity index (χ4n) is 4.84. The summed E-state index contributed by atoms with van der Waals surface area (Å²) in [5, 5.41) is 44.4. The van der Waals surface area contributed by atoms with Crippen molar-refractivity contribution in [2.24, 2.45) is 11.8 Å². The van der Waals surface area contributed by atoms with E-state index in [1.807, 2.05) is 0 Å². The van der Waals surface area contributed by atoms with Crippen molar-refractivity contribution in [1.82, 2.24) is 10.2 Å². The van der Waals surface area contributed by atoms with Gasteiger partial charge in [0.1, 0.15) is 11.6 Å². The zero-order chi connectivity index (χ0) is 27.6. The number of carbonyl (C=O) groups excluding carboxylic acids is 2. The first-order chi connectivity index (χ1) is 17.3. The second-order valence-corrected chi connectivity index (χ2v) is 10.4. The lowest BCUT2D eigenvalue weighted by molar-refractivity contribution is -0.152. The molecule has 37 heavy (non-hydrogen) atoms. The lowest BCUT2D eigenvalue weighted by Crippen LogP contribution is -2.49. The molecule has 1 fully saturated rings. The van der Waals surface area contributed by atoms with Gasteiger partial charge in [0.25, 0.3) is 0 Å². The molecule has 0 bridgehead atoms. The Labute approximate surface area is 216 Å². The highest BCUT2D eigenvalue weighted by Gasteiger charge is 2.51. The lowest BCUT2D eigenvalue weighted by Gasteiger charge is -2.33. The number of aliphatic hydroxyl groups is 1. The Morgan fingerprint density at radius 1 is 1.14 bits per heavy atom. The fourth-order valence-corrected chi connectivity index (χ4v) is 6.32. The number of rotatable bonds is 9. The van der Waals surface area contributed by atoms with Gasteiger partial charge in [-0.25, -0.2) is 9.59 Å². The average molecular weight is 536 g/mol. The van der Waals surface area contributed by atoms with Crippen LogP contribution >= 0.6 is 11.8 Å². The number of carbonyl (C=O) groups is 5. The van der Waals surface area contributed by atoms with Crippen LogP contribution in [-0.2, 0) is 19.2 Å². The third-order valence-electron chi connectivity index (χ3n) is 6.49. The van der Waals surface area contributed by atoms with Crippen LogP contribution in [-0.4, -0.2) is 85.0 Å². The number of anilines is 1. The molecule has 2 amide bonds. The van der Waals surface area contributed by atoms with Gasteiger partial charge in [0.05, 0.1) is 23.8 Å². The van der Waals surface area contributed by atoms with Gasteiger partial charge >= 0.3 is 17.9 Å². The minimum absolute atomic E-state index is 0.0235. The number of nitrogens with one attached hydrogen (secondary N) is 2. The third-order valence-corrected chi connectivity index (χ3v) is 8.00. The smallest absolute Gasteiger partial charge is 0.353 e. The molecule has 13 heteroatoms. The standard InChI is InChI=1S/C24H29N3O9S/c1-10-18(17(11(2)28)23(33)34)27(12(3)29)19(24(35)36)20(10)37-15-8-16(25-9-15)21(30)26-14-6-4-5-13(7-14)22(31)32/h4-7,10-11,15-18,25,28H,8-9H2,1-3H3,(H,26,30)(H,31,32)(H,33,34)(H,35,36)/t10-,11-,15-,16+,17-,18-/m1/s1. The summed E-state index contributed by atoms with van der Waals surface area (Å²) in [6.45, 7) is 4.39. The van der Waals surface area contributed by atoms with Gasteiger partial charge in [-0.05, 0) is 31.5 Å². The van der Waals surface area contributed by atoms with Crippen molar-refractivity contribution in [3.63, 3.8) is 0 Å². The van der Waals surface area contributed by atoms with Crippen LogP contribution in [0.1, 0.15) is 37.6 Å². The molecule has 3 rings (SSSR count). The summed E-state index contributed by atoms with van der Waals surface area (Å²) in [7, 11) is 0. The number of aromatic carboxylic acids is 1. The first kappa shape index (κ1) is 28.2. The van der Waals surface area contributed by atoms with Crippen molar-refractivity contribution < 1.29 is 44.4 Å². The Morgan fingerprint density at radius 3 is 2.35 bits per heavy atom. The Kier molecular flexibility index (Phi) is 8.61. The van der Waals surface area contributed by atoms with Gasteiger partial charge in [-0.15, -0.1) is 11.8 Å². The summed E-state index contributed by atoms with van der Waals surface area (Å²) in [5.41, 5.74) is 0.0246. The van der Waals surface area contributed by atoms with E-state index in [1.54, 1.807) is 13.0 Å². The molecular weight excluding hydrogens is 506 g/mol. The van der Waals surface area contributed by atoms with Crippen LogP contribution in [0.5, 0.6) is 0 Å². The monoisotopic (exact) mass is 535 g/mol. The van der Waals surface area contributed by atoms with Gasteiger partial charge in [-0.3, -0.25) is 14.4 Å². The van der Waals surface area contributed by atoms with E-state index in [1.165, 1.54) is 36.9 Å². The Hall–Kier alpha value is -3.42. The van der Waals surface area contributed by atoms with E-state index in [0.717, 1.165) is 11.8 Å². The van der Waals surface area contributed by atoms with Gasteiger partial charge in [-0.1, -0.05) is 13.0 Å². The molecule has 0 radical (unpaired) electrons. The van der Waals surface area contributed by atoms with Crippen LogP contribution in [0, 0.1) is 11.8 Å². The second-order valence-electron chi connectivity index (χ2n) is 9.10. The van der Waals surface area contributed by atoms with Crippen LogP contribution < -0.4 is 10.6 Å². The normalized spacial score (nSPS) is 25.0. The number of carboxylic acid groups (broad SMARTS) is 3. The second kappa shape index (κ2) is 11.3. The Balaban J connectivity index is 1.79. The lowest BCUT2D eigenvalue weighted by atomic mass is 9.86. The molecule has 1 aromatic carbocycles. The van der Waals surface area contributed by atoms with E-state index in [0.29, 0.717) is 23.6 Å². The molecule has 2 aliphatic heterocycles. The molecule has 0 spiro atoms. The molecule has 2 aliphatic rings. The van der Waals surface area contributed by atoms with Crippen molar-refractivity contribution >= 4 is 47.2 Å². The maximum absolute atomic E-state index is 12.8. The topological polar surface area (TPSA) is 194 Å². The van der Waals surface area contributed by atoms with Crippen LogP contribution in [0.3, 0.4) is 0 Å². The molecule has 1 saturated heterocycles. The summed E-state index contributed by atoms with van der Waals surface area (Å²) < 4.78 is 0. The van der Waals surface area contributed by atoms with E-state index >= 15 is 0 Å². The maximum atomic E-state index is 12.8. The zero-order valence-corrected chi connectivity index (χ0v) is 21.2. The fraction of sp³-hybridized carbons (Fsp3) is 0.458. The highest BCUT2D eigenvalue weighted by atomic mass is 32.2. The summed E-state index contributed by atoms with van der Waals surface area (Å²) in [6, 6.07) is 4.07. The van der Waals surface area contributed by atoms with Crippen LogP contribution in [0.15, 0.2) is 34.9 Å². The number of thioether (sulfide) groups is 1. The average Bonchev–Trinajstić information content (AvgIpc) is 3.38. The summed E-state index contributed by atoms with van der Waals surface area (Å²) in [5.74, 6) is -7.00. The molecule has 0 saturated carbocycles. The van der Waals surface area contributed by atoms with Gasteiger partial charge in [-0.2, -0.15) is 0 Å². The van der Waals surface area contributed by atoms with E-state index in [-0.39, 0.29) is 22.4 Å². The van der Waals surface area contributed by atoms with Crippen molar-refractivity contribution in [3.05, 3.63) is 40.4 Å². The highest BCUT2D eigenvalue weighted by molar-refractivity contribution is 8.03. The summed E-state index contributed by atoms with van der Waals surface area (Å²) in [4.78, 5) is 61.8. The number of nitrogens with zero attached hydrogens (tertiary/aromatic N) is 1. The molecule has 12 nitrogen and oxygen atoms in total. The van der Waals surface area contributed by atoms with E-state index in [2.05, 4.69) is 10.6 Å². The number of carboxylic acids is 3. The minimum Gasteiger partial charge on any atom is -0.481 e. The minimum atomic E-state index is -1.41. The molecule has 2 heterocycles. The Bertz CT molecular complexity index is 1150. The summed E-state index contributed by atoms with van der Waals surface area (Å²) >= 11 is 1.17. The van der Waals surface area contributed by atoms with E-state index in [4.69, 9.17) is 5.11 Å². The quantitative estimate of drug-likeness (QED) is 0.264. The number of aliphatic hydroxyl groups excluding tert-OH is 1. The van der Waals surface area contributed by atoms with Crippen molar-refractivity contribution in [2.45, 2.75) is 50.6 Å². The number of amides is 2. The van der Waals surface area contributed by atoms with Gasteiger partial charge < -0.3 is 36.0 Å². The summed E-state index contributed by atoms with van der Waals surface area (Å²) in [6.07, 6.45) is -1.03. The molecule has 6 N–H and O–H groups in total. The number of hydrogen-bond acceptors (Lipinski definition) is 8. The molecule has 0 aliphatic carbocycles. The molecule has 0 aromatic heterocycles. The molecular formula is C24H29N3O9S. The number of aliphatic carboxylic acids is 2. The van der Waals surface area contributed by atoms with Crippen molar-refractivity contribution in [2.75, 3.05) is 11.9 Å². The first-order valence-electron chi connectivity index (χ1n) is 11.6. The van der Waals surface area contributed by atoms with Gasteiger partial charge in [0, 0.05) is 35.2 Å². The largest absolute Gasteiger partial charge is 0.481 e. The number of benzene rings is 1. The highest BCUT2D eigenvalue weighted by Crippen LogP contribution is 2.46. The van der Waals surface area contributed by atoms with E-state index < -0.39 is 53.8 Å². The van der Waals surface area contributed by atoms with Gasteiger partial charge in [0.2, 0.25) is 11.8 Å². The van der Waals surface area contributed by atoms with Crippen LogP contribution in [0.25, 0.3) is 0 Å². The zero-order valence-electron chi connectivity index (χ0n) is 20.4. The first-order valence-corrected chi connectivity index (χ1v) is 12.4. The molecule has 200 valence electrons. The van der Waals surface area contributed by atoms with Crippen molar-refractivity contribution in [1.29, 1.82) is 0 Å². The molecule has 1 aromatic rings. The number of hydrogen-bond donors (Lipinski definition) is 6. The molecule has 6 atom stereocenters. The predicted octanol–water partition coefficient (Wildman–Crippen LogP) is 1.03. The molecule has 0 unspecified atom stereocenters. The Morgan fingerprint density at radius 2 is 1.81 bits per heavy atom. The SMILES string of the molecule is CC(=O)N1C(C(=O)O)=C(S[C@H]2CN[C@H](C(=O)Nc3cccc(C(=O)O)c3)C2)[C@H](C)[C@@H]1[C@H](C(=O)O)[C@@H](C)O. The van der Waals surface area contributed by atoms with Crippen molar-refractivity contribution in [3.8, 4) is 0 Å². The van der Waals surface area contributed by atoms with Crippen LogP contribution in [0.2, 0.25) is 0 Å². The van der Waals surface area contributed by atoms with E-state index in [9.17, 15) is 39.3 Å².